The number of halogens is 4. The van der Waals surface area contributed by atoms with Crippen LogP contribution in [0.4, 0.5) is 24.5 Å². The van der Waals surface area contributed by atoms with Crippen LogP contribution in [0.2, 0.25) is 5.02 Å². The number of alkyl halides is 3. The number of carbonyl (C=O) groups excluding carboxylic acids is 1. The van der Waals surface area contributed by atoms with Crippen molar-refractivity contribution in [2.24, 2.45) is 7.05 Å². The molecule has 0 unspecified atom stereocenters. The SMILES string of the molecule is Cc1ccc(NC(=O)c2cc(NCCN3CCCC3)c(Cl)c(C(F)(F)F)c2)cc1-n1cc(-c2cnn(C)c2C)nn1. The van der Waals surface area contributed by atoms with Gasteiger partial charge in [0.1, 0.15) is 5.69 Å². The fourth-order valence-corrected chi connectivity index (χ4v) is 5.12. The molecule has 0 saturated carbocycles. The Bertz CT molecular complexity index is 1570. The van der Waals surface area contributed by atoms with E-state index in [0.29, 0.717) is 30.2 Å². The molecule has 2 aromatic carbocycles. The second-order valence-electron chi connectivity index (χ2n) is 10.1. The molecule has 4 aromatic rings. The van der Waals surface area contributed by atoms with Crippen molar-refractivity contribution in [3.05, 3.63) is 70.1 Å². The molecule has 0 spiro atoms. The summed E-state index contributed by atoms with van der Waals surface area (Å²) >= 11 is 6.14. The van der Waals surface area contributed by atoms with Crippen LogP contribution < -0.4 is 10.6 Å². The molecule has 41 heavy (non-hydrogen) atoms. The van der Waals surface area contributed by atoms with Gasteiger partial charge in [-0.1, -0.05) is 22.9 Å². The van der Waals surface area contributed by atoms with Crippen LogP contribution in [0.3, 0.4) is 0 Å². The Kier molecular flexibility index (Phi) is 8.05. The van der Waals surface area contributed by atoms with Crippen LogP contribution in [0.25, 0.3) is 16.9 Å². The summed E-state index contributed by atoms with van der Waals surface area (Å²) < 4.78 is 44.8. The van der Waals surface area contributed by atoms with Crippen molar-refractivity contribution in [2.45, 2.75) is 32.9 Å². The number of benzene rings is 2. The molecule has 0 bridgehead atoms. The number of likely N-dealkylation sites (tertiary alicyclic amines) is 1. The minimum absolute atomic E-state index is 0.0660. The molecule has 1 aliphatic heterocycles. The average Bonchev–Trinajstić information content (AvgIpc) is 3.68. The zero-order chi connectivity index (χ0) is 29.3. The van der Waals surface area contributed by atoms with Gasteiger partial charge in [0.15, 0.2) is 0 Å². The lowest BCUT2D eigenvalue weighted by Gasteiger charge is -2.19. The highest BCUT2D eigenvalue weighted by Gasteiger charge is 2.35. The summed E-state index contributed by atoms with van der Waals surface area (Å²) in [6.07, 6.45) is 0.958. The molecule has 2 aromatic heterocycles. The Hall–Kier alpha value is -3.90. The zero-order valence-corrected chi connectivity index (χ0v) is 23.6. The van der Waals surface area contributed by atoms with Crippen molar-refractivity contribution in [1.82, 2.24) is 29.7 Å². The fraction of sp³-hybridized carbons (Fsp3) is 0.357. The topological polar surface area (TPSA) is 92.9 Å². The predicted octanol–water partition coefficient (Wildman–Crippen LogP) is 5.72. The standard InChI is InChI=1S/C28H30ClF3N8O/c1-17-6-7-20(14-25(17)40-16-24(36-37-40)21-15-34-38(3)18(21)2)35-27(41)19-12-22(28(30,31)32)26(29)23(13-19)33-8-11-39-9-4-5-10-39/h6-7,12-16,33H,4-5,8-11H2,1-3H3,(H,35,41). The smallest absolute Gasteiger partial charge is 0.383 e. The van der Waals surface area contributed by atoms with E-state index < -0.39 is 22.7 Å². The molecule has 1 amide bonds. The number of aryl methyl sites for hydroxylation is 2. The Morgan fingerprint density at radius 1 is 1.12 bits per heavy atom. The first-order chi connectivity index (χ1) is 19.5. The molecular formula is C28H30ClF3N8O. The number of anilines is 2. The van der Waals surface area contributed by atoms with E-state index >= 15 is 0 Å². The van der Waals surface area contributed by atoms with Crippen LogP contribution in [0.15, 0.2) is 42.7 Å². The van der Waals surface area contributed by atoms with Gasteiger partial charge in [-0.05, 0) is 69.6 Å². The van der Waals surface area contributed by atoms with E-state index in [-0.39, 0.29) is 11.3 Å². The zero-order valence-electron chi connectivity index (χ0n) is 22.9. The highest BCUT2D eigenvalue weighted by Crippen LogP contribution is 2.39. The highest BCUT2D eigenvalue weighted by atomic mass is 35.5. The lowest BCUT2D eigenvalue weighted by Crippen LogP contribution is -2.26. The molecule has 0 aliphatic carbocycles. The molecule has 216 valence electrons. The van der Waals surface area contributed by atoms with Crippen LogP contribution in [0.1, 0.15) is 40.0 Å². The lowest BCUT2D eigenvalue weighted by molar-refractivity contribution is -0.137. The van der Waals surface area contributed by atoms with Crippen LogP contribution >= 0.6 is 11.6 Å². The number of rotatable bonds is 8. The van der Waals surface area contributed by atoms with Crippen LogP contribution in [-0.2, 0) is 13.2 Å². The van der Waals surface area contributed by atoms with Crippen molar-refractivity contribution < 1.29 is 18.0 Å². The number of nitrogens with zero attached hydrogens (tertiary/aromatic N) is 6. The van der Waals surface area contributed by atoms with E-state index in [1.807, 2.05) is 20.9 Å². The molecule has 1 saturated heterocycles. The summed E-state index contributed by atoms with van der Waals surface area (Å²) in [7, 11) is 1.84. The molecule has 9 nitrogen and oxygen atoms in total. The Labute approximate surface area is 240 Å². The summed E-state index contributed by atoms with van der Waals surface area (Å²) in [5.41, 5.74) is 3.14. The minimum atomic E-state index is -4.73. The van der Waals surface area contributed by atoms with Crippen LogP contribution in [0.5, 0.6) is 0 Å². The predicted molar refractivity (Wildman–Crippen MR) is 152 cm³/mol. The van der Waals surface area contributed by atoms with E-state index in [2.05, 4.69) is 30.9 Å². The summed E-state index contributed by atoms with van der Waals surface area (Å²) in [5.74, 6) is -0.699. The van der Waals surface area contributed by atoms with Gasteiger partial charge >= 0.3 is 6.18 Å². The number of hydrogen-bond donors (Lipinski definition) is 2. The van der Waals surface area contributed by atoms with Crippen molar-refractivity contribution in [3.63, 3.8) is 0 Å². The lowest BCUT2D eigenvalue weighted by atomic mass is 10.1. The third-order valence-electron chi connectivity index (χ3n) is 7.30. The van der Waals surface area contributed by atoms with Gasteiger partial charge < -0.3 is 15.5 Å². The van der Waals surface area contributed by atoms with Crippen molar-refractivity contribution in [2.75, 3.05) is 36.8 Å². The van der Waals surface area contributed by atoms with Gasteiger partial charge in [-0.2, -0.15) is 18.3 Å². The van der Waals surface area contributed by atoms with E-state index in [9.17, 15) is 18.0 Å². The fourth-order valence-electron chi connectivity index (χ4n) is 4.84. The molecule has 0 atom stereocenters. The normalized spacial score (nSPS) is 14.0. The van der Waals surface area contributed by atoms with E-state index in [1.54, 1.807) is 40.0 Å². The van der Waals surface area contributed by atoms with Gasteiger partial charge in [0, 0.05) is 42.6 Å². The minimum Gasteiger partial charge on any atom is -0.383 e. The maximum atomic E-state index is 13.8. The first-order valence-electron chi connectivity index (χ1n) is 13.2. The number of hydrogen-bond acceptors (Lipinski definition) is 6. The molecule has 3 heterocycles. The second kappa shape index (κ2) is 11.5. The van der Waals surface area contributed by atoms with E-state index in [1.165, 1.54) is 6.07 Å². The summed E-state index contributed by atoms with van der Waals surface area (Å²) in [6, 6.07) is 7.29. The number of carbonyl (C=O) groups is 1. The molecule has 0 radical (unpaired) electrons. The number of amides is 1. The third-order valence-corrected chi connectivity index (χ3v) is 7.71. The van der Waals surface area contributed by atoms with Crippen LogP contribution in [0, 0.1) is 13.8 Å². The Morgan fingerprint density at radius 3 is 2.56 bits per heavy atom. The maximum Gasteiger partial charge on any atom is 0.417 e. The first-order valence-corrected chi connectivity index (χ1v) is 13.6. The molecule has 5 rings (SSSR count). The molecule has 1 fully saturated rings. The summed E-state index contributed by atoms with van der Waals surface area (Å²) in [4.78, 5) is 15.4. The monoisotopic (exact) mass is 586 g/mol. The average molecular weight is 587 g/mol. The van der Waals surface area contributed by atoms with Gasteiger partial charge in [-0.25, -0.2) is 4.68 Å². The van der Waals surface area contributed by atoms with Gasteiger partial charge in [0.25, 0.3) is 5.91 Å². The summed E-state index contributed by atoms with van der Waals surface area (Å²) in [5, 5.41) is 18.0. The number of nitrogens with one attached hydrogen (secondary N) is 2. The van der Waals surface area contributed by atoms with Gasteiger partial charge in [0.05, 0.1) is 34.4 Å². The summed E-state index contributed by atoms with van der Waals surface area (Å²) in [6.45, 7) is 6.81. The Morgan fingerprint density at radius 2 is 1.88 bits per heavy atom. The highest BCUT2D eigenvalue weighted by molar-refractivity contribution is 6.34. The van der Waals surface area contributed by atoms with Crippen molar-refractivity contribution >= 4 is 28.9 Å². The quantitative estimate of drug-likeness (QED) is 0.274. The second-order valence-corrected chi connectivity index (χ2v) is 10.5. The van der Waals surface area contributed by atoms with Gasteiger partial charge in [-0.15, -0.1) is 5.10 Å². The van der Waals surface area contributed by atoms with E-state index in [4.69, 9.17) is 11.6 Å². The third kappa shape index (κ3) is 6.23. The van der Waals surface area contributed by atoms with Crippen molar-refractivity contribution in [3.8, 4) is 16.9 Å². The molecular weight excluding hydrogens is 557 g/mol. The Balaban J connectivity index is 1.38. The van der Waals surface area contributed by atoms with Gasteiger partial charge in [0.2, 0.25) is 0 Å². The van der Waals surface area contributed by atoms with Gasteiger partial charge in [-0.3, -0.25) is 9.48 Å². The maximum absolute atomic E-state index is 13.8. The molecule has 1 aliphatic rings. The first kappa shape index (κ1) is 28.6. The van der Waals surface area contributed by atoms with Crippen molar-refractivity contribution in [1.29, 1.82) is 0 Å². The largest absolute Gasteiger partial charge is 0.417 e. The van der Waals surface area contributed by atoms with Crippen LogP contribution in [-0.4, -0.2) is 61.8 Å². The van der Waals surface area contributed by atoms with E-state index in [0.717, 1.165) is 48.8 Å². The molecule has 2 N–H and O–H groups in total. The number of aromatic nitrogens is 5. The molecule has 13 heteroatoms.